The van der Waals surface area contributed by atoms with Gasteiger partial charge in [-0.2, -0.15) is 10.1 Å². The molecule has 3 aromatic rings. The lowest BCUT2D eigenvalue weighted by Crippen LogP contribution is -2.51. The zero-order chi connectivity index (χ0) is 33.9. The van der Waals surface area contributed by atoms with Crippen LogP contribution in [0.2, 0.25) is 0 Å². The lowest BCUT2D eigenvalue weighted by Gasteiger charge is -2.47. The predicted octanol–water partition coefficient (Wildman–Crippen LogP) is 8.17. The molecule has 4 heterocycles. The van der Waals surface area contributed by atoms with Crippen LogP contribution in [0, 0.1) is 11.8 Å². The molecule has 9 heteroatoms. The third-order valence-electron chi connectivity index (χ3n) is 12.3. The molecule has 7 rings (SSSR count). The molecule has 264 valence electrons. The highest BCUT2D eigenvalue weighted by Gasteiger charge is 2.37. The highest BCUT2D eigenvalue weighted by molar-refractivity contribution is 5.70. The van der Waals surface area contributed by atoms with Gasteiger partial charge in [-0.15, -0.1) is 0 Å². The number of hydrogen-bond acceptors (Lipinski definition) is 7. The first kappa shape index (κ1) is 34.0. The summed E-state index contributed by atoms with van der Waals surface area (Å²) in [6, 6.07) is 12.8. The first-order valence-electron chi connectivity index (χ1n) is 19.4. The lowest BCUT2D eigenvalue weighted by molar-refractivity contribution is -0.143. The fraction of sp³-hybridized carbons (Fsp3) is 0.650. The molecule has 2 aliphatic heterocycles. The molecule has 2 saturated heterocycles. The van der Waals surface area contributed by atoms with Crippen molar-refractivity contribution >= 4 is 17.7 Å². The molecule has 0 radical (unpaired) electrons. The minimum atomic E-state index is -0.649. The second-order valence-electron chi connectivity index (χ2n) is 15.7. The molecule has 0 unspecified atom stereocenters. The Balaban J connectivity index is 1.21. The van der Waals surface area contributed by atoms with Crippen molar-refractivity contribution in [2.45, 2.75) is 147 Å². The summed E-state index contributed by atoms with van der Waals surface area (Å²) in [4.78, 5) is 25.0. The van der Waals surface area contributed by atoms with Crippen molar-refractivity contribution in [1.82, 2.24) is 24.6 Å². The molecule has 3 N–H and O–H groups in total. The van der Waals surface area contributed by atoms with Gasteiger partial charge in [-0.3, -0.25) is 14.4 Å². The molecular formula is C40H57N7O2. The van der Waals surface area contributed by atoms with Crippen LogP contribution >= 0.6 is 0 Å². The number of fused-ring (bicyclic) bond motifs is 3. The largest absolute Gasteiger partial charge is 0.481 e. The van der Waals surface area contributed by atoms with Crippen molar-refractivity contribution < 1.29 is 9.90 Å². The third kappa shape index (κ3) is 7.67. The van der Waals surface area contributed by atoms with E-state index in [4.69, 9.17) is 15.1 Å². The first-order chi connectivity index (χ1) is 23.9. The van der Waals surface area contributed by atoms with Crippen LogP contribution < -0.4 is 10.6 Å². The lowest BCUT2D eigenvalue weighted by atomic mass is 9.78. The van der Waals surface area contributed by atoms with Crippen molar-refractivity contribution in [2.75, 3.05) is 17.2 Å². The van der Waals surface area contributed by atoms with E-state index in [1.54, 1.807) is 0 Å². The number of carboxylic acid groups (broad SMARTS) is 1. The summed E-state index contributed by atoms with van der Waals surface area (Å²) in [7, 11) is 0. The first-order valence-corrected chi connectivity index (χ1v) is 19.4. The number of anilines is 2. The van der Waals surface area contributed by atoms with E-state index < -0.39 is 5.97 Å². The van der Waals surface area contributed by atoms with Gasteiger partial charge in [0, 0.05) is 48.0 Å². The van der Waals surface area contributed by atoms with Gasteiger partial charge < -0.3 is 15.7 Å². The standard InChI is InChI=1S/C40H57N7O2/c1-4-35(28-16-18-29(19-17-28)39(48)49)43-40-44-36-21-20-30(27-10-6-5-7-11-27)22-34(36)38(45-40)42-37(31-23-41-47(24-31)26(2)3)25-46-32-12-8-13-33(46)15-9-14-32/h5-7,10-11,23-24,26,28-30,32-33,35,37H,4,8-9,12-22,25H2,1-3H3,(H,48,49)(H2,42,43,44,45)/t28?,29?,30-,32?,33?,35-,37+/m1/s1. The van der Waals surface area contributed by atoms with E-state index in [-0.39, 0.29) is 18.0 Å². The Bertz CT molecular complexity index is 1530. The van der Waals surface area contributed by atoms with E-state index in [0.29, 0.717) is 35.9 Å². The monoisotopic (exact) mass is 667 g/mol. The number of benzene rings is 1. The summed E-state index contributed by atoms with van der Waals surface area (Å²) >= 11 is 0. The summed E-state index contributed by atoms with van der Waals surface area (Å²) in [5, 5.41) is 22.2. The molecule has 2 bridgehead atoms. The smallest absolute Gasteiger partial charge is 0.306 e. The number of aromatic nitrogens is 4. The number of carbonyl (C=O) groups is 1. The zero-order valence-electron chi connectivity index (χ0n) is 29.9. The number of aryl methyl sites for hydroxylation is 1. The number of aliphatic carboxylic acids is 1. The van der Waals surface area contributed by atoms with Gasteiger partial charge in [0.1, 0.15) is 5.82 Å². The zero-order valence-corrected chi connectivity index (χ0v) is 29.9. The van der Waals surface area contributed by atoms with Gasteiger partial charge in [0.2, 0.25) is 5.95 Å². The number of carboxylic acids is 1. The molecule has 1 aromatic carbocycles. The Kier molecular flexibility index (Phi) is 10.5. The van der Waals surface area contributed by atoms with Gasteiger partial charge in [0.25, 0.3) is 0 Å². The number of piperidine rings is 2. The minimum Gasteiger partial charge on any atom is -0.481 e. The van der Waals surface area contributed by atoms with Crippen LogP contribution in [-0.4, -0.2) is 60.4 Å². The van der Waals surface area contributed by atoms with Crippen LogP contribution in [-0.2, 0) is 17.6 Å². The number of rotatable bonds is 12. The van der Waals surface area contributed by atoms with Crippen molar-refractivity contribution in [1.29, 1.82) is 0 Å². The van der Waals surface area contributed by atoms with Crippen LogP contribution in [0.4, 0.5) is 11.8 Å². The average Bonchev–Trinajstić information content (AvgIpc) is 3.62. The normalized spacial score (nSPS) is 26.9. The molecular weight excluding hydrogens is 610 g/mol. The Morgan fingerprint density at radius 3 is 2.29 bits per heavy atom. The molecule has 2 aliphatic carbocycles. The van der Waals surface area contributed by atoms with Crippen molar-refractivity contribution in [3.63, 3.8) is 0 Å². The van der Waals surface area contributed by atoms with Crippen LogP contribution in [0.3, 0.4) is 0 Å². The van der Waals surface area contributed by atoms with Gasteiger partial charge >= 0.3 is 5.97 Å². The SMILES string of the molecule is CC[C@@H](Nc1nc2c(c(N[C@@H](CN3C4CCCC3CCC4)c3cnn(C(C)C)c3)n1)C[C@H](c1ccccc1)CC2)C1CCC(C(=O)O)CC1. The van der Waals surface area contributed by atoms with E-state index in [9.17, 15) is 9.90 Å². The molecule has 0 spiro atoms. The topological polar surface area (TPSA) is 108 Å². The summed E-state index contributed by atoms with van der Waals surface area (Å²) in [6.07, 6.45) is 19.4. The number of hydrogen-bond donors (Lipinski definition) is 3. The molecule has 3 fully saturated rings. The van der Waals surface area contributed by atoms with E-state index in [2.05, 4.69) is 83.7 Å². The Hall–Kier alpha value is -3.46. The summed E-state index contributed by atoms with van der Waals surface area (Å²) in [5.41, 5.74) is 5.01. The van der Waals surface area contributed by atoms with E-state index in [1.165, 1.54) is 55.2 Å². The summed E-state index contributed by atoms with van der Waals surface area (Å²) < 4.78 is 2.08. The molecule has 49 heavy (non-hydrogen) atoms. The maximum absolute atomic E-state index is 11.6. The fourth-order valence-corrected chi connectivity index (χ4v) is 9.44. The van der Waals surface area contributed by atoms with Gasteiger partial charge in [-0.05, 0) is 108 Å². The fourth-order valence-electron chi connectivity index (χ4n) is 9.44. The average molecular weight is 668 g/mol. The minimum absolute atomic E-state index is 0.0610. The second-order valence-corrected chi connectivity index (χ2v) is 15.7. The number of nitrogens with one attached hydrogen (secondary N) is 2. The van der Waals surface area contributed by atoms with E-state index in [1.807, 2.05) is 0 Å². The maximum Gasteiger partial charge on any atom is 0.306 e. The second kappa shape index (κ2) is 15.2. The molecule has 3 atom stereocenters. The van der Waals surface area contributed by atoms with Crippen LogP contribution in [0.5, 0.6) is 0 Å². The van der Waals surface area contributed by atoms with Crippen LogP contribution in [0.25, 0.3) is 0 Å². The molecule has 0 amide bonds. The van der Waals surface area contributed by atoms with Crippen molar-refractivity contribution in [3.05, 3.63) is 65.1 Å². The highest BCUT2D eigenvalue weighted by Crippen LogP contribution is 2.40. The Labute approximate surface area is 292 Å². The molecule has 2 aromatic heterocycles. The van der Waals surface area contributed by atoms with E-state index >= 15 is 0 Å². The molecule has 1 saturated carbocycles. The number of nitrogens with zero attached hydrogens (tertiary/aromatic N) is 5. The van der Waals surface area contributed by atoms with Crippen molar-refractivity contribution in [2.24, 2.45) is 11.8 Å². The Morgan fingerprint density at radius 2 is 1.65 bits per heavy atom. The molecule has 4 aliphatic rings. The maximum atomic E-state index is 11.6. The third-order valence-corrected chi connectivity index (χ3v) is 12.3. The van der Waals surface area contributed by atoms with Crippen molar-refractivity contribution in [3.8, 4) is 0 Å². The Morgan fingerprint density at radius 1 is 0.939 bits per heavy atom. The summed E-state index contributed by atoms with van der Waals surface area (Å²) in [6.45, 7) is 7.55. The highest BCUT2D eigenvalue weighted by atomic mass is 16.4. The van der Waals surface area contributed by atoms with Crippen LogP contribution in [0.15, 0.2) is 42.7 Å². The van der Waals surface area contributed by atoms with Crippen LogP contribution in [0.1, 0.15) is 138 Å². The van der Waals surface area contributed by atoms with Gasteiger partial charge in [-0.25, -0.2) is 4.98 Å². The van der Waals surface area contributed by atoms with E-state index in [0.717, 1.165) is 69.4 Å². The molecule has 9 nitrogen and oxygen atoms in total. The van der Waals surface area contributed by atoms with Gasteiger partial charge in [0.05, 0.1) is 23.9 Å². The summed E-state index contributed by atoms with van der Waals surface area (Å²) in [5.74, 6) is 1.67. The van der Waals surface area contributed by atoms with Gasteiger partial charge in [0.15, 0.2) is 0 Å². The van der Waals surface area contributed by atoms with Gasteiger partial charge in [-0.1, -0.05) is 50.1 Å². The predicted molar refractivity (Wildman–Crippen MR) is 195 cm³/mol. The quantitative estimate of drug-likeness (QED) is 0.178.